The second-order valence-electron chi connectivity index (χ2n) is 6.77. The van der Waals surface area contributed by atoms with Gasteiger partial charge in [0.15, 0.2) is 5.78 Å². The van der Waals surface area contributed by atoms with Gasteiger partial charge in [-0.15, -0.1) is 11.8 Å². The maximum absolute atomic E-state index is 12.7. The van der Waals surface area contributed by atoms with Crippen molar-refractivity contribution in [3.8, 4) is 0 Å². The first-order valence-corrected chi connectivity index (χ1v) is 10.4. The summed E-state index contributed by atoms with van der Waals surface area (Å²) in [5, 5.41) is 2.92. The summed E-state index contributed by atoms with van der Waals surface area (Å²) < 4.78 is 7.23. The van der Waals surface area contributed by atoms with Crippen LogP contribution in [-0.4, -0.2) is 61.3 Å². The summed E-state index contributed by atoms with van der Waals surface area (Å²) in [6.45, 7) is 5.58. The molecule has 0 aliphatic heterocycles. The highest BCUT2D eigenvalue weighted by Gasteiger charge is 2.18. The van der Waals surface area contributed by atoms with Gasteiger partial charge in [-0.05, 0) is 45.4 Å². The number of para-hydroxylation sites is 1. The molecular weight excluding hydrogens is 374 g/mol. The average Bonchev–Trinajstić information content (AvgIpc) is 2.94. The summed E-state index contributed by atoms with van der Waals surface area (Å²) in [5.41, 5.74) is 3.47. The topological polar surface area (TPSA) is 63.6 Å². The van der Waals surface area contributed by atoms with Gasteiger partial charge in [-0.1, -0.05) is 12.1 Å². The van der Waals surface area contributed by atoms with Crippen LogP contribution in [0.4, 0.5) is 5.69 Å². The first-order chi connectivity index (χ1) is 13.4. The summed E-state index contributed by atoms with van der Waals surface area (Å²) >= 11 is 1.58. The van der Waals surface area contributed by atoms with Gasteiger partial charge in [-0.3, -0.25) is 14.5 Å². The number of aromatic nitrogens is 1. The molecule has 1 heterocycles. The second kappa shape index (κ2) is 10.5. The predicted octanol–water partition coefficient (Wildman–Crippen LogP) is 3.23. The lowest BCUT2D eigenvalue weighted by Gasteiger charge is -2.16. The Morgan fingerprint density at radius 1 is 1.21 bits per heavy atom. The van der Waals surface area contributed by atoms with E-state index in [9.17, 15) is 9.59 Å². The molecule has 0 fully saturated rings. The summed E-state index contributed by atoms with van der Waals surface area (Å²) in [6, 6.07) is 9.59. The number of ketones is 1. The van der Waals surface area contributed by atoms with Crippen LogP contribution in [-0.2, 0) is 16.1 Å². The van der Waals surface area contributed by atoms with Crippen LogP contribution in [0.2, 0.25) is 0 Å². The van der Waals surface area contributed by atoms with Crippen molar-refractivity contribution in [1.29, 1.82) is 0 Å². The summed E-state index contributed by atoms with van der Waals surface area (Å²) in [4.78, 5) is 27.8. The predicted molar refractivity (Wildman–Crippen MR) is 114 cm³/mol. The van der Waals surface area contributed by atoms with Gasteiger partial charge in [0.1, 0.15) is 0 Å². The number of Topliss-reactive ketones (excluding diaryl/α,β-unsaturated/α-hetero) is 1. The monoisotopic (exact) mass is 403 g/mol. The van der Waals surface area contributed by atoms with Crippen molar-refractivity contribution in [3.05, 3.63) is 47.3 Å². The van der Waals surface area contributed by atoms with E-state index in [4.69, 9.17) is 4.74 Å². The van der Waals surface area contributed by atoms with Crippen LogP contribution < -0.4 is 5.32 Å². The highest BCUT2D eigenvalue weighted by atomic mass is 32.2. The molecular formula is C21H29N3O3S. The van der Waals surface area contributed by atoms with E-state index in [2.05, 4.69) is 9.88 Å². The number of benzene rings is 1. The molecule has 0 aliphatic carbocycles. The number of amides is 1. The number of carbonyl (C=O) groups excluding carboxylic acids is 2. The first-order valence-electron chi connectivity index (χ1n) is 9.17. The molecule has 2 rings (SSSR count). The summed E-state index contributed by atoms with van der Waals surface area (Å²) in [5.74, 6) is -0.126. The van der Waals surface area contributed by atoms with E-state index >= 15 is 0 Å². The number of rotatable bonds is 10. The van der Waals surface area contributed by atoms with Gasteiger partial charge >= 0.3 is 0 Å². The zero-order chi connectivity index (χ0) is 20.7. The van der Waals surface area contributed by atoms with E-state index in [1.54, 1.807) is 30.8 Å². The lowest BCUT2D eigenvalue weighted by molar-refractivity contribution is -0.116. The number of nitrogens with one attached hydrogen (secondary N) is 1. The molecule has 0 unspecified atom stereocenters. The molecule has 0 aliphatic rings. The standard InChI is InChI=1S/C21H29N3O3S/c1-15-12-17(16(2)24(15)10-11-27-4)19(25)13-23(3)14-21(26)22-18-8-6-7-9-20(18)28-5/h6-9,12H,10-11,13-14H2,1-5H3,(H,22,26). The Morgan fingerprint density at radius 3 is 2.61 bits per heavy atom. The van der Waals surface area contributed by atoms with Crippen LogP contribution in [0.5, 0.6) is 0 Å². The van der Waals surface area contributed by atoms with Crippen molar-refractivity contribution in [2.45, 2.75) is 25.3 Å². The third-order valence-electron chi connectivity index (χ3n) is 4.60. The molecule has 0 radical (unpaired) electrons. The van der Waals surface area contributed by atoms with Gasteiger partial charge in [-0.25, -0.2) is 0 Å². The Balaban J connectivity index is 1.96. The van der Waals surface area contributed by atoms with Gasteiger partial charge in [0.25, 0.3) is 0 Å². The summed E-state index contributed by atoms with van der Waals surface area (Å²) in [7, 11) is 3.44. The van der Waals surface area contributed by atoms with Gasteiger partial charge in [0.05, 0.1) is 25.4 Å². The number of methoxy groups -OCH3 is 1. The zero-order valence-corrected chi connectivity index (χ0v) is 18.1. The normalized spacial score (nSPS) is 11.1. The molecule has 0 atom stereocenters. The minimum Gasteiger partial charge on any atom is -0.383 e. The third kappa shape index (κ3) is 5.70. The highest BCUT2D eigenvalue weighted by Crippen LogP contribution is 2.24. The molecule has 1 aromatic heterocycles. The minimum atomic E-state index is -0.137. The number of nitrogens with zero attached hydrogens (tertiary/aromatic N) is 2. The van der Waals surface area contributed by atoms with Crippen LogP contribution in [0.1, 0.15) is 21.7 Å². The number of aryl methyl sites for hydroxylation is 1. The van der Waals surface area contributed by atoms with Crippen molar-refractivity contribution in [1.82, 2.24) is 9.47 Å². The fourth-order valence-electron chi connectivity index (χ4n) is 3.18. The van der Waals surface area contributed by atoms with E-state index in [-0.39, 0.29) is 24.8 Å². The van der Waals surface area contributed by atoms with Crippen LogP contribution in [0.3, 0.4) is 0 Å². The Bertz CT molecular complexity index is 832. The third-order valence-corrected chi connectivity index (χ3v) is 5.40. The zero-order valence-electron chi connectivity index (χ0n) is 17.2. The van der Waals surface area contributed by atoms with Crippen molar-refractivity contribution < 1.29 is 14.3 Å². The van der Waals surface area contributed by atoms with Gasteiger partial charge in [0, 0.05) is 35.5 Å². The molecule has 0 bridgehead atoms. The Labute approximate surface area is 171 Å². The van der Waals surface area contributed by atoms with E-state index in [0.717, 1.165) is 22.0 Å². The van der Waals surface area contributed by atoms with Crippen molar-refractivity contribution in [3.63, 3.8) is 0 Å². The maximum Gasteiger partial charge on any atom is 0.238 e. The molecule has 2 aromatic rings. The molecule has 7 heteroatoms. The lowest BCUT2D eigenvalue weighted by Crippen LogP contribution is -2.34. The van der Waals surface area contributed by atoms with Crippen molar-refractivity contribution in [2.24, 2.45) is 0 Å². The smallest absolute Gasteiger partial charge is 0.238 e. The molecule has 6 nitrogen and oxygen atoms in total. The SMILES string of the molecule is COCCn1c(C)cc(C(=O)CN(C)CC(=O)Nc2ccccc2SC)c1C. The van der Waals surface area contributed by atoms with Crippen molar-refractivity contribution in [2.75, 3.05) is 45.4 Å². The highest BCUT2D eigenvalue weighted by molar-refractivity contribution is 7.98. The molecule has 1 amide bonds. The van der Waals surface area contributed by atoms with Gasteiger partial charge in [0.2, 0.25) is 5.91 Å². The molecule has 28 heavy (non-hydrogen) atoms. The van der Waals surface area contributed by atoms with Crippen LogP contribution >= 0.6 is 11.8 Å². The van der Waals surface area contributed by atoms with Crippen LogP contribution in [0, 0.1) is 13.8 Å². The number of hydrogen-bond donors (Lipinski definition) is 1. The Hall–Kier alpha value is -2.09. The van der Waals surface area contributed by atoms with E-state index in [1.165, 1.54) is 0 Å². The quantitative estimate of drug-likeness (QED) is 0.487. The number of carbonyl (C=O) groups is 2. The number of hydrogen-bond acceptors (Lipinski definition) is 5. The van der Waals surface area contributed by atoms with Crippen LogP contribution in [0.15, 0.2) is 35.2 Å². The van der Waals surface area contributed by atoms with Gasteiger partial charge in [-0.2, -0.15) is 0 Å². The number of anilines is 1. The van der Waals surface area contributed by atoms with Crippen molar-refractivity contribution >= 4 is 29.1 Å². The Kier molecular flexibility index (Phi) is 8.29. The molecule has 0 saturated carbocycles. The van der Waals surface area contributed by atoms with E-state index < -0.39 is 0 Å². The Morgan fingerprint density at radius 2 is 1.93 bits per heavy atom. The number of thioether (sulfide) groups is 1. The molecule has 0 spiro atoms. The number of ether oxygens (including phenoxy) is 1. The summed E-state index contributed by atoms with van der Waals surface area (Å²) in [6.07, 6.45) is 1.97. The van der Waals surface area contributed by atoms with Crippen LogP contribution in [0.25, 0.3) is 0 Å². The van der Waals surface area contributed by atoms with Gasteiger partial charge < -0.3 is 14.6 Å². The fraction of sp³-hybridized carbons (Fsp3) is 0.429. The minimum absolute atomic E-state index is 0.0107. The second-order valence-corrected chi connectivity index (χ2v) is 7.62. The average molecular weight is 404 g/mol. The lowest BCUT2D eigenvalue weighted by atomic mass is 10.1. The van der Waals surface area contributed by atoms with E-state index in [0.29, 0.717) is 18.7 Å². The number of likely N-dealkylation sites (N-methyl/N-ethyl adjacent to an activating group) is 1. The molecule has 152 valence electrons. The molecule has 0 saturated heterocycles. The largest absolute Gasteiger partial charge is 0.383 e. The van der Waals surface area contributed by atoms with E-state index in [1.807, 2.05) is 50.4 Å². The maximum atomic E-state index is 12.7. The molecule has 1 N–H and O–H groups in total. The molecule has 1 aromatic carbocycles. The first kappa shape index (κ1) is 22.2. The fourth-order valence-corrected chi connectivity index (χ4v) is 3.73.